The van der Waals surface area contributed by atoms with Gasteiger partial charge in [-0.05, 0) is 56.3 Å². The minimum Gasteiger partial charge on any atom is -0.495 e. The van der Waals surface area contributed by atoms with E-state index in [0.717, 1.165) is 5.56 Å². The van der Waals surface area contributed by atoms with E-state index in [2.05, 4.69) is 10.0 Å². The molecule has 0 aliphatic heterocycles. The lowest BCUT2D eigenvalue weighted by molar-refractivity contribution is 0.102. The molecule has 0 unspecified atom stereocenters. The second-order valence-electron chi connectivity index (χ2n) is 6.84. The SMILES string of the molecule is CCOc1c(Cl)cccc1NC(=O)c1ccc(OC)c(S(=O)(=O)Nc2ccc(C)cc2)c1. The molecule has 2 N–H and O–H groups in total. The number of anilines is 2. The second-order valence-corrected chi connectivity index (χ2v) is 8.90. The number of aryl methyl sites for hydroxylation is 1. The van der Waals surface area contributed by atoms with Crippen molar-refractivity contribution in [2.75, 3.05) is 23.8 Å². The van der Waals surface area contributed by atoms with Crippen molar-refractivity contribution in [2.24, 2.45) is 0 Å². The van der Waals surface area contributed by atoms with Crippen LogP contribution in [0.25, 0.3) is 0 Å². The smallest absolute Gasteiger partial charge is 0.265 e. The molecular formula is C23H23ClN2O5S. The molecule has 0 atom stereocenters. The molecule has 168 valence electrons. The van der Waals surface area contributed by atoms with Crippen molar-refractivity contribution in [3.63, 3.8) is 0 Å². The van der Waals surface area contributed by atoms with E-state index in [1.807, 2.05) is 6.92 Å². The fourth-order valence-electron chi connectivity index (χ4n) is 2.95. The van der Waals surface area contributed by atoms with E-state index in [0.29, 0.717) is 28.8 Å². The van der Waals surface area contributed by atoms with Gasteiger partial charge < -0.3 is 14.8 Å². The summed E-state index contributed by atoms with van der Waals surface area (Å²) in [6.45, 7) is 4.07. The summed E-state index contributed by atoms with van der Waals surface area (Å²) in [4.78, 5) is 12.7. The van der Waals surface area contributed by atoms with Gasteiger partial charge in [-0.1, -0.05) is 35.4 Å². The van der Waals surface area contributed by atoms with Gasteiger partial charge >= 0.3 is 0 Å². The summed E-state index contributed by atoms with van der Waals surface area (Å²) in [7, 11) is -2.66. The molecule has 7 nitrogen and oxygen atoms in total. The zero-order chi connectivity index (χ0) is 23.3. The Morgan fingerprint density at radius 3 is 2.44 bits per heavy atom. The average Bonchev–Trinajstić information content (AvgIpc) is 2.77. The van der Waals surface area contributed by atoms with E-state index in [9.17, 15) is 13.2 Å². The maximum Gasteiger partial charge on any atom is 0.265 e. The number of carbonyl (C=O) groups excluding carboxylic acids is 1. The number of hydrogen-bond donors (Lipinski definition) is 2. The molecule has 0 saturated heterocycles. The van der Waals surface area contributed by atoms with Gasteiger partial charge in [0.05, 0.1) is 24.4 Å². The zero-order valence-electron chi connectivity index (χ0n) is 17.8. The number of amides is 1. The van der Waals surface area contributed by atoms with Gasteiger partial charge in [0.15, 0.2) is 5.75 Å². The van der Waals surface area contributed by atoms with E-state index in [1.54, 1.807) is 49.4 Å². The first-order valence-corrected chi connectivity index (χ1v) is 11.6. The molecule has 0 aliphatic carbocycles. The van der Waals surface area contributed by atoms with Crippen LogP contribution in [0.3, 0.4) is 0 Å². The normalized spacial score (nSPS) is 11.0. The van der Waals surface area contributed by atoms with Crippen LogP contribution < -0.4 is 19.5 Å². The number of hydrogen-bond acceptors (Lipinski definition) is 5. The maximum atomic E-state index is 13.0. The van der Waals surface area contributed by atoms with Gasteiger partial charge in [0.25, 0.3) is 15.9 Å². The lowest BCUT2D eigenvalue weighted by atomic mass is 10.2. The molecule has 0 bridgehead atoms. The van der Waals surface area contributed by atoms with Crippen molar-refractivity contribution < 1.29 is 22.7 Å². The molecule has 3 aromatic rings. The van der Waals surface area contributed by atoms with Crippen LogP contribution in [0.5, 0.6) is 11.5 Å². The number of ether oxygens (including phenoxy) is 2. The van der Waals surface area contributed by atoms with Crippen LogP contribution in [-0.4, -0.2) is 28.0 Å². The Labute approximate surface area is 192 Å². The van der Waals surface area contributed by atoms with Gasteiger partial charge in [-0.15, -0.1) is 0 Å². The van der Waals surface area contributed by atoms with Crippen LogP contribution in [0.1, 0.15) is 22.8 Å². The summed E-state index contributed by atoms with van der Waals surface area (Å²) < 4.78 is 39.3. The Balaban J connectivity index is 1.93. The second kappa shape index (κ2) is 9.93. The predicted molar refractivity (Wildman–Crippen MR) is 126 cm³/mol. The highest BCUT2D eigenvalue weighted by molar-refractivity contribution is 7.92. The summed E-state index contributed by atoms with van der Waals surface area (Å²) in [5, 5.41) is 3.07. The van der Waals surface area contributed by atoms with Crippen LogP contribution >= 0.6 is 11.6 Å². The summed E-state index contributed by atoms with van der Waals surface area (Å²) in [5.74, 6) is -0.0750. The number of carbonyl (C=O) groups is 1. The molecule has 3 aromatic carbocycles. The lowest BCUT2D eigenvalue weighted by Gasteiger charge is -2.15. The van der Waals surface area contributed by atoms with Crippen molar-refractivity contribution in [1.82, 2.24) is 0 Å². The maximum absolute atomic E-state index is 13.0. The molecule has 1 amide bonds. The highest BCUT2D eigenvalue weighted by atomic mass is 35.5. The third kappa shape index (κ3) is 5.33. The topological polar surface area (TPSA) is 93.7 Å². The number of para-hydroxylation sites is 1. The Morgan fingerprint density at radius 2 is 1.78 bits per heavy atom. The van der Waals surface area contributed by atoms with E-state index in [-0.39, 0.29) is 16.2 Å². The van der Waals surface area contributed by atoms with Crippen molar-refractivity contribution in [1.29, 1.82) is 0 Å². The Morgan fingerprint density at radius 1 is 1.06 bits per heavy atom. The minimum absolute atomic E-state index is 0.110. The molecule has 0 radical (unpaired) electrons. The average molecular weight is 475 g/mol. The quantitative estimate of drug-likeness (QED) is 0.473. The fraction of sp³-hybridized carbons (Fsp3) is 0.174. The van der Waals surface area contributed by atoms with Crippen LogP contribution in [0, 0.1) is 6.92 Å². The Bertz CT molecular complexity index is 1230. The molecule has 0 aliphatic rings. The predicted octanol–water partition coefficient (Wildman–Crippen LogP) is 5.11. The minimum atomic E-state index is -4.02. The van der Waals surface area contributed by atoms with E-state index in [1.165, 1.54) is 25.3 Å². The van der Waals surface area contributed by atoms with Gasteiger partial charge in [-0.2, -0.15) is 0 Å². The van der Waals surface area contributed by atoms with Gasteiger partial charge in [-0.25, -0.2) is 8.42 Å². The number of nitrogens with one attached hydrogen (secondary N) is 2. The summed E-state index contributed by atoms with van der Waals surface area (Å²) >= 11 is 6.17. The first-order valence-electron chi connectivity index (χ1n) is 9.75. The molecule has 9 heteroatoms. The molecule has 0 saturated carbocycles. The number of halogens is 1. The molecule has 0 heterocycles. The van der Waals surface area contributed by atoms with Crippen LogP contribution in [-0.2, 0) is 10.0 Å². The highest BCUT2D eigenvalue weighted by Gasteiger charge is 2.22. The monoisotopic (exact) mass is 474 g/mol. The Kier molecular flexibility index (Phi) is 7.27. The van der Waals surface area contributed by atoms with Crippen LogP contribution in [0.15, 0.2) is 65.6 Å². The van der Waals surface area contributed by atoms with Gasteiger partial charge in [0.2, 0.25) is 0 Å². The van der Waals surface area contributed by atoms with Crippen LogP contribution in [0.4, 0.5) is 11.4 Å². The number of benzene rings is 3. The fourth-order valence-corrected chi connectivity index (χ4v) is 4.44. The lowest BCUT2D eigenvalue weighted by Crippen LogP contribution is -2.17. The third-order valence-corrected chi connectivity index (χ3v) is 6.22. The first-order chi connectivity index (χ1) is 15.2. The molecular weight excluding hydrogens is 452 g/mol. The van der Waals surface area contributed by atoms with Gasteiger partial charge in [0.1, 0.15) is 10.6 Å². The highest BCUT2D eigenvalue weighted by Crippen LogP contribution is 2.34. The largest absolute Gasteiger partial charge is 0.495 e. The van der Waals surface area contributed by atoms with Crippen molar-refractivity contribution in [3.05, 3.63) is 76.8 Å². The number of sulfonamides is 1. The van der Waals surface area contributed by atoms with Gasteiger partial charge in [-0.3, -0.25) is 9.52 Å². The van der Waals surface area contributed by atoms with Crippen molar-refractivity contribution >= 4 is 38.9 Å². The standard InChI is InChI=1S/C23H23ClN2O5S/c1-4-31-22-18(24)6-5-7-19(22)25-23(27)16-10-13-20(30-3)21(14-16)32(28,29)26-17-11-8-15(2)9-12-17/h5-14,26H,4H2,1-3H3,(H,25,27). The molecule has 0 aromatic heterocycles. The van der Waals surface area contributed by atoms with E-state index >= 15 is 0 Å². The molecule has 32 heavy (non-hydrogen) atoms. The zero-order valence-corrected chi connectivity index (χ0v) is 19.4. The van der Waals surface area contributed by atoms with Gasteiger partial charge in [0, 0.05) is 11.3 Å². The van der Waals surface area contributed by atoms with Crippen molar-refractivity contribution in [3.8, 4) is 11.5 Å². The molecule has 3 rings (SSSR count). The summed E-state index contributed by atoms with van der Waals surface area (Å²) in [6, 6.07) is 16.0. The first kappa shape index (κ1) is 23.4. The summed E-state index contributed by atoms with van der Waals surface area (Å²) in [5.41, 5.74) is 1.89. The number of methoxy groups -OCH3 is 1. The van der Waals surface area contributed by atoms with E-state index in [4.69, 9.17) is 21.1 Å². The molecule has 0 spiro atoms. The van der Waals surface area contributed by atoms with E-state index < -0.39 is 15.9 Å². The Hall–Kier alpha value is -3.23. The van der Waals surface area contributed by atoms with Crippen molar-refractivity contribution in [2.45, 2.75) is 18.7 Å². The summed E-state index contributed by atoms with van der Waals surface area (Å²) in [6.07, 6.45) is 0. The van der Waals surface area contributed by atoms with Crippen LogP contribution in [0.2, 0.25) is 5.02 Å². The number of rotatable bonds is 8. The molecule has 0 fully saturated rings. The third-order valence-electron chi connectivity index (χ3n) is 4.52.